The Bertz CT molecular complexity index is 442. The Hall–Kier alpha value is -1.75. The lowest BCUT2D eigenvalue weighted by Gasteiger charge is -2.22. The number of carbonyl (C=O) groups is 1. The zero-order valence-corrected chi connectivity index (χ0v) is 9.86. The number of esters is 1. The molecule has 1 aliphatic heterocycles. The number of carbonyl (C=O) groups excluding carboxylic acids is 1. The second-order valence-corrected chi connectivity index (χ2v) is 3.99. The summed E-state index contributed by atoms with van der Waals surface area (Å²) in [7, 11) is 0. The van der Waals surface area contributed by atoms with Gasteiger partial charge in [0.15, 0.2) is 11.5 Å². The van der Waals surface area contributed by atoms with E-state index in [4.69, 9.17) is 19.9 Å². The van der Waals surface area contributed by atoms with Crippen LogP contribution in [0.5, 0.6) is 11.5 Å². The first kappa shape index (κ1) is 11.7. The molecular weight excluding hydrogens is 222 g/mol. The highest BCUT2D eigenvalue weighted by Crippen LogP contribution is 2.35. The number of hydrogen-bond acceptors (Lipinski definition) is 5. The number of rotatable bonds is 3. The SMILES string of the molecule is CCOC(=O)C(C)(N)c1ccc2c(c1)OCO2. The van der Waals surface area contributed by atoms with Crippen LogP contribution in [0.15, 0.2) is 18.2 Å². The topological polar surface area (TPSA) is 70.8 Å². The summed E-state index contributed by atoms with van der Waals surface area (Å²) in [4.78, 5) is 11.7. The molecule has 1 heterocycles. The summed E-state index contributed by atoms with van der Waals surface area (Å²) < 4.78 is 15.4. The highest BCUT2D eigenvalue weighted by molar-refractivity contribution is 5.82. The molecule has 5 heteroatoms. The van der Waals surface area contributed by atoms with Gasteiger partial charge in [-0.2, -0.15) is 0 Å². The molecule has 1 atom stereocenters. The van der Waals surface area contributed by atoms with Crippen LogP contribution in [0.4, 0.5) is 0 Å². The number of nitrogens with two attached hydrogens (primary N) is 1. The van der Waals surface area contributed by atoms with Crippen molar-refractivity contribution in [3.05, 3.63) is 23.8 Å². The molecule has 1 aromatic rings. The second kappa shape index (κ2) is 4.25. The van der Waals surface area contributed by atoms with Gasteiger partial charge in [0.25, 0.3) is 0 Å². The molecule has 0 aromatic heterocycles. The minimum absolute atomic E-state index is 0.194. The van der Waals surface area contributed by atoms with Crippen molar-refractivity contribution in [1.82, 2.24) is 0 Å². The molecule has 92 valence electrons. The van der Waals surface area contributed by atoms with Crippen LogP contribution in [0.25, 0.3) is 0 Å². The van der Waals surface area contributed by atoms with E-state index >= 15 is 0 Å². The van der Waals surface area contributed by atoms with E-state index < -0.39 is 11.5 Å². The maximum Gasteiger partial charge on any atom is 0.330 e. The molecule has 5 nitrogen and oxygen atoms in total. The molecule has 0 radical (unpaired) electrons. The van der Waals surface area contributed by atoms with Gasteiger partial charge in [0.05, 0.1) is 6.61 Å². The number of benzene rings is 1. The quantitative estimate of drug-likeness (QED) is 0.798. The molecule has 0 fully saturated rings. The fourth-order valence-corrected chi connectivity index (χ4v) is 1.62. The van der Waals surface area contributed by atoms with Crippen LogP contribution in [-0.4, -0.2) is 19.4 Å². The monoisotopic (exact) mass is 237 g/mol. The van der Waals surface area contributed by atoms with Gasteiger partial charge >= 0.3 is 5.97 Å². The minimum Gasteiger partial charge on any atom is -0.464 e. The predicted molar refractivity (Wildman–Crippen MR) is 60.7 cm³/mol. The van der Waals surface area contributed by atoms with Crippen molar-refractivity contribution >= 4 is 5.97 Å². The summed E-state index contributed by atoms with van der Waals surface area (Å²) >= 11 is 0. The molecule has 0 amide bonds. The van der Waals surface area contributed by atoms with Crippen molar-refractivity contribution in [3.8, 4) is 11.5 Å². The van der Waals surface area contributed by atoms with Crippen LogP contribution < -0.4 is 15.2 Å². The van der Waals surface area contributed by atoms with E-state index in [9.17, 15) is 4.79 Å². The minimum atomic E-state index is -1.18. The fraction of sp³-hybridized carbons (Fsp3) is 0.417. The maximum absolute atomic E-state index is 11.7. The highest BCUT2D eigenvalue weighted by Gasteiger charge is 2.33. The Kier molecular flexibility index (Phi) is 2.93. The van der Waals surface area contributed by atoms with Crippen LogP contribution in [0, 0.1) is 0 Å². The summed E-state index contributed by atoms with van der Waals surface area (Å²) in [6.07, 6.45) is 0. The molecule has 1 aromatic carbocycles. The second-order valence-electron chi connectivity index (χ2n) is 3.99. The molecule has 17 heavy (non-hydrogen) atoms. The fourth-order valence-electron chi connectivity index (χ4n) is 1.62. The standard InChI is InChI=1S/C12H15NO4/c1-3-15-11(14)12(2,13)8-4-5-9-10(6-8)17-7-16-9/h4-6H,3,7,13H2,1-2H3. The molecule has 0 saturated carbocycles. The van der Waals surface area contributed by atoms with E-state index in [1.54, 1.807) is 32.0 Å². The first-order valence-corrected chi connectivity index (χ1v) is 5.42. The van der Waals surface area contributed by atoms with Gasteiger partial charge in [-0.05, 0) is 31.5 Å². The summed E-state index contributed by atoms with van der Waals surface area (Å²) in [6.45, 7) is 3.85. The maximum atomic E-state index is 11.7. The van der Waals surface area contributed by atoms with Gasteiger partial charge in [-0.15, -0.1) is 0 Å². The average Bonchev–Trinajstić information content (AvgIpc) is 2.76. The van der Waals surface area contributed by atoms with Crippen LogP contribution in [-0.2, 0) is 15.1 Å². The van der Waals surface area contributed by atoms with Gasteiger partial charge in [0.1, 0.15) is 5.54 Å². The third-order valence-corrected chi connectivity index (χ3v) is 2.67. The van der Waals surface area contributed by atoms with Gasteiger partial charge in [-0.1, -0.05) is 6.07 Å². The van der Waals surface area contributed by atoms with Gasteiger partial charge in [0, 0.05) is 0 Å². The van der Waals surface area contributed by atoms with Gasteiger partial charge in [-0.25, -0.2) is 4.79 Å². The third-order valence-electron chi connectivity index (χ3n) is 2.67. The number of fused-ring (bicyclic) bond motifs is 1. The zero-order chi connectivity index (χ0) is 12.5. The zero-order valence-electron chi connectivity index (χ0n) is 9.86. The van der Waals surface area contributed by atoms with E-state index in [1.807, 2.05) is 0 Å². The molecule has 2 rings (SSSR count). The van der Waals surface area contributed by atoms with Gasteiger partial charge < -0.3 is 19.9 Å². The van der Waals surface area contributed by atoms with Crippen molar-refractivity contribution in [2.24, 2.45) is 5.73 Å². The lowest BCUT2D eigenvalue weighted by atomic mass is 9.93. The number of hydrogen-bond donors (Lipinski definition) is 1. The Labute approximate surface area is 99.5 Å². The molecule has 0 spiro atoms. The Morgan fingerprint density at radius 1 is 1.47 bits per heavy atom. The highest BCUT2D eigenvalue weighted by atomic mass is 16.7. The van der Waals surface area contributed by atoms with Crippen molar-refractivity contribution in [3.63, 3.8) is 0 Å². The largest absolute Gasteiger partial charge is 0.464 e. The lowest BCUT2D eigenvalue weighted by Crippen LogP contribution is -2.43. The summed E-state index contributed by atoms with van der Waals surface area (Å²) in [5.74, 6) is 0.802. The van der Waals surface area contributed by atoms with Crippen molar-refractivity contribution in [1.29, 1.82) is 0 Å². The van der Waals surface area contributed by atoms with Crippen LogP contribution in [0.3, 0.4) is 0 Å². The van der Waals surface area contributed by atoms with Crippen LogP contribution >= 0.6 is 0 Å². The average molecular weight is 237 g/mol. The van der Waals surface area contributed by atoms with Crippen molar-refractivity contribution in [2.45, 2.75) is 19.4 Å². The molecular formula is C12H15NO4. The van der Waals surface area contributed by atoms with Crippen molar-refractivity contribution < 1.29 is 19.0 Å². The van der Waals surface area contributed by atoms with Crippen LogP contribution in [0.1, 0.15) is 19.4 Å². The summed E-state index contributed by atoms with van der Waals surface area (Å²) in [5.41, 5.74) is 5.45. The smallest absolute Gasteiger partial charge is 0.330 e. The van der Waals surface area contributed by atoms with E-state index in [0.717, 1.165) is 0 Å². The number of ether oxygens (including phenoxy) is 3. The molecule has 2 N–H and O–H groups in total. The molecule has 1 unspecified atom stereocenters. The van der Waals surface area contributed by atoms with E-state index in [-0.39, 0.29) is 6.79 Å². The normalized spacial score (nSPS) is 16.4. The lowest BCUT2D eigenvalue weighted by molar-refractivity contribution is -0.149. The third kappa shape index (κ3) is 2.06. The first-order chi connectivity index (χ1) is 8.05. The Balaban J connectivity index is 2.30. The van der Waals surface area contributed by atoms with Gasteiger partial charge in [-0.3, -0.25) is 0 Å². The predicted octanol–water partition coefficient (Wildman–Crippen LogP) is 1.15. The Morgan fingerprint density at radius 2 is 2.18 bits per heavy atom. The molecule has 0 bridgehead atoms. The first-order valence-electron chi connectivity index (χ1n) is 5.42. The molecule has 1 aliphatic rings. The summed E-state index contributed by atoms with van der Waals surface area (Å²) in [5, 5.41) is 0. The van der Waals surface area contributed by atoms with E-state index in [2.05, 4.69) is 0 Å². The molecule has 0 aliphatic carbocycles. The van der Waals surface area contributed by atoms with E-state index in [1.165, 1.54) is 0 Å². The van der Waals surface area contributed by atoms with Crippen molar-refractivity contribution in [2.75, 3.05) is 13.4 Å². The molecule has 0 saturated heterocycles. The van der Waals surface area contributed by atoms with Crippen LogP contribution in [0.2, 0.25) is 0 Å². The summed E-state index contributed by atoms with van der Waals surface area (Å²) in [6, 6.07) is 5.19. The Morgan fingerprint density at radius 3 is 2.88 bits per heavy atom. The van der Waals surface area contributed by atoms with E-state index in [0.29, 0.717) is 23.7 Å². The van der Waals surface area contributed by atoms with Gasteiger partial charge in [0.2, 0.25) is 6.79 Å².